The first-order valence-electron chi connectivity index (χ1n) is 10.3. The summed E-state index contributed by atoms with van der Waals surface area (Å²) >= 11 is 1.77. The topological polar surface area (TPSA) is 45.7 Å². The molecule has 2 aliphatic heterocycles. The van der Waals surface area contributed by atoms with Crippen molar-refractivity contribution >= 4 is 17.2 Å². The van der Waals surface area contributed by atoms with Crippen LogP contribution < -0.4 is 0 Å². The van der Waals surface area contributed by atoms with Gasteiger partial charge in [0.05, 0.1) is 0 Å². The second-order valence-electron chi connectivity index (χ2n) is 8.01. The number of benzene rings is 1. The number of thiazole rings is 1. The molecule has 2 saturated heterocycles. The van der Waals surface area contributed by atoms with E-state index in [2.05, 4.69) is 48.0 Å². The van der Waals surface area contributed by atoms with Gasteiger partial charge in [-0.2, -0.15) is 0 Å². The van der Waals surface area contributed by atoms with Crippen LogP contribution in [0, 0.1) is 0 Å². The van der Waals surface area contributed by atoms with Crippen LogP contribution in [0.4, 0.5) is 0 Å². The minimum atomic E-state index is -0.197. The van der Waals surface area contributed by atoms with E-state index in [4.69, 9.17) is 4.74 Å². The highest BCUT2D eigenvalue weighted by Gasteiger charge is 2.30. The number of rotatable bonds is 5. The van der Waals surface area contributed by atoms with Gasteiger partial charge in [0, 0.05) is 56.0 Å². The number of carbonyl (C=O) groups is 1. The number of amides is 1. The molecule has 0 spiro atoms. The summed E-state index contributed by atoms with van der Waals surface area (Å²) in [6.07, 6.45) is 3.68. The highest BCUT2D eigenvalue weighted by molar-refractivity contribution is 7.15. The third-order valence-corrected chi connectivity index (χ3v) is 6.68. The molecule has 1 aromatic heterocycles. The lowest BCUT2D eigenvalue weighted by Crippen LogP contribution is -2.51. The predicted octanol–water partition coefficient (Wildman–Crippen LogP) is 3.76. The summed E-state index contributed by atoms with van der Waals surface area (Å²) in [6, 6.07) is 8.75. The summed E-state index contributed by atoms with van der Waals surface area (Å²) in [5, 5.41) is 1.08. The van der Waals surface area contributed by atoms with Crippen LogP contribution in [0.3, 0.4) is 0 Å². The highest BCUT2D eigenvalue weighted by Crippen LogP contribution is 2.28. The minimum Gasteiger partial charge on any atom is -0.368 e. The molecule has 150 valence electrons. The fourth-order valence-electron chi connectivity index (χ4n) is 3.85. The van der Waals surface area contributed by atoms with Crippen LogP contribution in [-0.2, 0) is 16.1 Å². The second-order valence-corrected chi connectivity index (χ2v) is 9.13. The number of piperazine rings is 1. The Morgan fingerprint density at radius 2 is 1.96 bits per heavy atom. The third-order valence-electron chi connectivity index (χ3n) is 5.65. The van der Waals surface area contributed by atoms with Gasteiger partial charge < -0.3 is 9.64 Å². The van der Waals surface area contributed by atoms with Crippen LogP contribution in [0.1, 0.15) is 43.0 Å². The summed E-state index contributed by atoms with van der Waals surface area (Å²) in [5.41, 5.74) is 2.54. The van der Waals surface area contributed by atoms with Crippen molar-refractivity contribution in [2.45, 2.75) is 45.3 Å². The van der Waals surface area contributed by atoms with E-state index in [-0.39, 0.29) is 12.0 Å². The Labute approximate surface area is 171 Å². The number of carbonyl (C=O) groups excluding carboxylic acids is 1. The summed E-state index contributed by atoms with van der Waals surface area (Å²) in [6.45, 7) is 9.47. The van der Waals surface area contributed by atoms with Crippen molar-refractivity contribution in [3.05, 3.63) is 40.9 Å². The van der Waals surface area contributed by atoms with Crippen molar-refractivity contribution in [2.75, 3.05) is 32.8 Å². The molecular formula is C22H29N3O2S. The molecule has 1 aromatic carbocycles. The van der Waals surface area contributed by atoms with Crippen molar-refractivity contribution < 1.29 is 9.53 Å². The van der Waals surface area contributed by atoms with Crippen LogP contribution in [0.5, 0.6) is 0 Å². The maximum atomic E-state index is 12.5. The molecule has 0 bridgehead atoms. The molecule has 1 unspecified atom stereocenters. The molecule has 5 nitrogen and oxygen atoms in total. The predicted molar refractivity (Wildman–Crippen MR) is 112 cm³/mol. The lowest BCUT2D eigenvalue weighted by atomic mass is 10.0. The molecule has 4 rings (SSSR count). The molecular weight excluding hydrogens is 370 g/mol. The van der Waals surface area contributed by atoms with Crippen molar-refractivity contribution in [1.82, 2.24) is 14.8 Å². The van der Waals surface area contributed by atoms with E-state index >= 15 is 0 Å². The van der Waals surface area contributed by atoms with E-state index in [0.717, 1.165) is 57.2 Å². The number of ether oxygens (including phenoxy) is 1. The first kappa shape index (κ1) is 19.6. The second kappa shape index (κ2) is 8.72. The van der Waals surface area contributed by atoms with Gasteiger partial charge in [-0.1, -0.05) is 38.1 Å². The highest BCUT2D eigenvalue weighted by atomic mass is 32.1. The normalized spacial score (nSPS) is 20.8. The number of aromatic nitrogens is 1. The van der Waals surface area contributed by atoms with Gasteiger partial charge in [0.2, 0.25) is 0 Å². The van der Waals surface area contributed by atoms with E-state index in [1.54, 1.807) is 11.3 Å². The maximum absolute atomic E-state index is 12.5. The summed E-state index contributed by atoms with van der Waals surface area (Å²) in [7, 11) is 0. The van der Waals surface area contributed by atoms with Gasteiger partial charge in [-0.3, -0.25) is 9.69 Å². The standard InChI is InChI=1S/C22H29N3O2S/c1-16(2)17-5-7-18(8-6-17)21-23-14-19(28-21)15-24-9-11-25(12-10-24)22(26)20-4-3-13-27-20/h5-8,14,16,20H,3-4,9-13,15H2,1-2H3. The van der Waals surface area contributed by atoms with Gasteiger partial charge in [0.15, 0.2) is 0 Å². The molecule has 1 atom stereocenters. The Balaban J connectivity index is 1.30. The third kappa shape index (κ3) is 4.45. The lowest BCUT2D eigenvalue weighted by molar-refractivity contribution is -0.142. The first-order valence-corrected chi connectivity index (χ1v) is 11.1. The molecule has 6 heteroatoms. The Hall–Kier alpha value is -1.76. The van der Waals surface area contributed by atoms with Gasteiger partial charge in [-0.25, -0.2) is 4.98 Å². The average molecular weight is 400 g/mol. The van der Waals surface area contributed by atoms with Gasteiger partial charge in [-0.15, -0.1) is 11.3 Å². The zero-order valence-corrected chi connectivity index (χ0v) is 17.6. The van der Waals surface area contributed by atoms with Crippen LogP contribution in [0.15, 0.2) is 30.5 Å². The van der Waals surface area contributed by atoms with Crippen LogP contribution in [0.25, 0.3) is 10.6 Å². The quantitative estimate of drug-likeness (QED) is 0.768. The SMILES string of the molecule is CC(C)c1ccc(-c2ncc(CN3CCN(C(=O)C4CCCO4)CC3)s2)cc1. The van der Waals surface area contributed by atoms with Gasteiger partial charge in [0.1, 0.15) is 11.1 Å². The van der Waals surface area contributed by atoms with Crippen LogP contribution in [-0.4, -0.2) is 59.6 Å². The molecule has 0 aliphatic carbocycles. The Morgan fingerprint density at radius 1 is 1.21 bits per heavy atom. The maximum Gasteiger partial charge on any atom is 0.251 e. The monoisotopic (exact) mass is 399 g/mol. The number of nitrogens with zero attached hydrogens (tertiary/aromatic N) is 3. The zero-order valence-electron chi connectivity index (χ0n) is 16.8. The van der Waals surface area contributed by atoms with E-state index < -0.39 is 0 Å². The van der Waals surface area contributed by atoms with E-state index in [1.807, 2.05) is 11.1 Å². The number of hydrogen-bond donors (Lipinski definition) is 0. The lowest BCUT2D eigenvalue weighted by Gasteiger charge is -2.35. The average Bonchev–Trinajstić information content (AvgIpc) is 3.40. The summed E-state index contributed by atoms with van der Waals surface area (Å²) in [4.78, 5) is 22.8. The van der Waals surface area contributed by atoms with Gasteiger partial charge in [-0.05, 0) is 24.3 Å². The number of hydrogen-bond acceptors (Lipinski definition) is 5. The Kier molecular flexibility index (Phi) is 6.09. The molecule has 2 aliphatic rings. The van der Waals surface area contributed by atoms with Crippen molar-refractivity contribution in [3.8, 4) is 10.6 Å². The molecule has 0 saturated carbocycles. The molecule has 3 heterocycles. The van der Waals surface area contributed by atoms with E-state index in [0.29, 0.717) is 5.92 Å². The Bertz CT molecular complexity index is 788. The summed E-state index contributed by atoms with van der Waals surface area (Å²) < 4.78 is 5.54. The first-order chi connectivity index (χ1) is 13.6. The minimum absolute atomic E-state index is 0.182. The fourth-order valence-corrected chi connectivity index (χ4v) is 4.81. The molecule has 0 radical (unpaired) electrons. The zero-order chi connectivity index (χ0) is 19.5. The van der Waals surface area contributed by atoms with Gasteiger partial charge >= 0.3 is 0 Å². The smallest absolute Gasteiger partial charge is 0.251 e. The molecule has 0 N–H and O–H groups in total. The molecule has 2 fully saturated rings. The van der Waals surface area contributed by atoms with Crippen molar-refractivity contribution in [3.63, 3.8) is 0 Å². The Morgan fingerprint density at radius 3 is 2.61 bits per heavy atom. The molecule has 28 heavy (non-hydrogen) atoms. The van der Waals surface area contributed by atoms with E-state index in [1.165, 1.54) is 16.0 Å². The van der Waals surface area contributed by atoms with Crippen molar-refractivity contribution in [2.24, 2.45) is 0 Å². The van der Waals surface area contributed by atoms with Crippen LogP contribution >= 0.6 is 11.3 Å². The molecule has 1 amide bonds. The summed E-state index contributed by atoms with van der Waals surface area (Å²) in [5.74, 6) is 0.730. The van der Waals surface area contributed by atoms with Crippen LogP contribution in [0.2, 0.25) is 0 Å². The molecule has 2 aromatic rings. The fraction of sp³-hybridized carbons (Fsp3) is 0.545. The van der Waals surface area contributed by atoms with Gasteiger partial charge in [0.25, 0.3) is 5.91 Å². The van der Waals surface area contributed by atoms with Crippen molar-refractivity contribution in [1.29, 1.82) is 0 Å². The largest absolute Gasteiger partial charge is 0.368 e. The van der Waals surface area contributed by atoms with E-state index in [9.17, 15) is 4.79 Å².